The minimum Gasteiger partial charge on any atom is -0.369 e. The van der Waals surface area contributed by atoms with E-state index in [0.29, 0.717) is 17.3 Å². The summed E-state index contributed by atoms with van der Waals surface area (Å²) in [6.07, 6.45) is 7.66. The van der Waals surface area contributed by atoms with Gasteiger partial charge in [0.1, 0.15) is 11.6 Å². The fraction of sp³-hybridized carbons (Fsp3) is 0.765. The van der Waals surface area contributed by atoms with Gasteiger partial charge in [-0.3, -0.25) is 0 Å². The zero-order valence-corrected chi connectivity index (χ0v) is 15.5. The first-order chi connectivity index (χ1) is 10.0. The van der Waals surface area contributed by atoms with Crippen LogP contribution < -0.4 is 5.32 Å². The van der Waals surface area contributed by atoms with E-state index in [9.17, 15) is 0 Å². The van der Waals surface area contributed by atoms with Crippen molar-refractivity contribution >= 4 is 28.4 Å². The monoisotopic (exact) mass is 399 g/mol. The summed E-state index contributed by atoms with van der Waals surface area (Å²) in [6.45, 7) is 7.84. The summed E-state index contributed by atoms with van der Waals surface area (Å²) in [7, 11) is 0. The highest BCUT2D eigenvalue weighted by Crippen LogP contribution is 2.58. The number of rotatable bonds is 5. The molecule has 1 N–H and O–H groups in total. The lowest BCUT2D eigenvalue weighted by Gasteiger charge is -2.17. The maximum absolute atomic E-state index is 5.02. The van der Waals surface area contributed by atoms with Crippen LogP contribution in [0.5, 0.6) is 0 Å². The number of nitrogens with one attached hydrogen (secondary N) is 1. The molecule has 4 heteroatoms. The topological polar surface area (TPSA) is 37.8 Å². The lowest BCUT2D eigenvalue weighted by molar-refractivity contribution is 0.600. The lowest BCUT2D eigenvalue weighted by Crippen LogP contribution is -2.12. The van der Waals surface area contributed by atoms with Gasteiger partial charge in [0.15, 0.2) is 0 Å². The maximum atomic E-state index is 5.02. The molecule has 1 heterocycles. The Balaban J connectivity index is 1.95. The molecule has 1 atom stereocenters. The van der Waals surface area contributed by atoms with Crippen molar-refractivity contribution in [2.75, 3.05) is 11.9 Å². The average Bonchev–Trinajstić information content (AvgIpc) is 2.89. The first-order valence-electron chi connectivity index (χ1n) is 8.34. The fourth-order valence-electron chi connectivity index (χ4n) is 3.38. The van der Waals surface area contributed by atoms with Gasteiger partial charge in [-0.2, -0.15) is 0 Å². The van der Waals surface area contributed by atoms with E-state index < -0.39 is 0 Å². The SMILES string of the molecule is CCCNc1nc(C2CC2(C)C)nc(C2CCCC2)c1I. The van der Waals surface area contributed by atoms with Crippen LogP contribution >= 0.6 is 22.6 Å². The molecule has 0 saturated heterocycles. The molecule has 1 aromatic rings. The third-order valence-corrected chi connectivity index (χ3v) is 6.07. The number of hydrogen-bond donors (Lipinski definition) is 1. The molecule has 0 bridgehead atoms. The van der Waals surface area contributed by atoms with E-state index in [-0.39, 0.29) is 0 Å². The number of halogens is 1. The van der Waals surface area contributed by atoms with Crippen LogP contribution in [0.25, 0.3) is 0 Å². The Labute approximate surface area is 141 Å². The van der Waals surface area contributed by atoms with Gasteiger partial charge < -0.3 is 5.32 Å². The number of aromatic nitrogens is 2. The minimum absolute atomic E-state index is 0.391. The molecule has 0 radical (unpaired) electrons. The van der Waals surface area contributed by atoms with Crippen LogP contribution in [0.2, 0.25) is 0 Å². The molecule has 2 aliphatic rings. The molecule has 0 aliphatic heterocycles. The van der Waals surface area contributed by atoms with Gasteiger partial charge >= 0.3 is 0 Å². The predicted octanol–water partition coefficient (Wildman–Crippen LogP) is 5.07. The van der Waals surface area contributed by atoms with Crippen molar-refractivity contribution < 1.29 is 0 Å². The van der Waals surface area contributed by atoms with Crippen molar-refractivity contribution in [2.24, 2.45) is 5.41 Å². The van der Waals surface area contributed by atoms with Gasteiger partial charge in [-0.05, 0) is 53.7 Å². The molecule has 21 heavy (non-hydrogen) atoms. The van der Waals surface area contributed by atoms with Gasteiger partial charge in [0.2, 0.25) is 0 Å². The van der Waals surface area contributed by atoms with E-state index in [1.807, 2.05) is 0 Å². The molecule has 0 aromatic carbocycles. The molecular formula is C17H26IN3. The zero-order valence-electron chi connectivity index (χ0n) is 13.4. The van der Waals surface area contributed by atoms with Crippen molar-refractivity contribution in [3.05, 3.63) is 15.1 Å². The number of anilines is 1. The highest BCUT2D eigenvalue weighted by atomic mass is 127. The Hall–Kier alpha value is -0.390. The Bertz CT molecular complexity index is 521. The molecule has 1 aromatic heterocycles. The van der Waals surface area contributed by atoms with Crippen LogP contribution in [0, 0.1) is 8.99 Å². The largest absolute Gasteiger partial charge is 0.369 e. The van der Waals surface area contributed by atoms with Crippen LogP contribution in [0.4, 0.5) is 5.82 Å². The molecule has 1 unspecified atom stereocenters. The Morgan fingerprint density at radius 3 is 2.48 bits per heavy atom. The van der Waals surface area contributed by atoms with Crippen LogP contribution in [-0.4, -0.2) is 16.5 Å². The second kappa shape index (κ2) is 6.01. The van der Waals surface area contributed by atoms with Crippen molar-refractivity contribution in [2.45, 2.75) is 71.1 Å². The van der Waals surface area contributed by atoms with Crippen molar-refractivity contribution in [3.8, 4) is 0 Å². The first kappa shape index (κ1) is 15.5. The van der Waals surface area contributed by atoms with Crippen molar-refractivity contribution in [1.29, 1.82) is 0 Å². The van der Waals surface area contributed by atoms with E-state index in [4.69, 9.17) is 9.97 Å². The Morgan fingerprint density at radius 2 is 1.90 bits per heavy atom. The molecule has 2 fully saturated rings. The van der Waals surface area contributed by atoms with Gasteiger partial charge in [-0.15, -0.1) is 0 Å². The summed E-state index contributed by atoms with van der Waals surface area (Å²) < 4.78 is 1.26. The standard InChI is InChI=1S/C17H26IN3/c1-4-9-19-16-13(18)14(11-7-5-6-8-11)20-15(21-16)12-10-17(12,2)3/h11-12H,4-10H2,1-3H3,(H,19,20,21). The highest BCUT2D eigenvalue weighted by Gasteiger charge is 2.49. The summed E-state index contributed by atoms with van der Waals surface area (Å²) in [5.74, 6) is 3.37. The normalized spacial score (nSPS) is 24.3. The summed E-state index contributed by atoms with van der Waals surface area (Å²) >= 11 is 2.45. The molecule has 116 valence electrons. The molecule has 0 amide bonds. The number of nitrogens with zero attached hydrogens (tertiary/aromatic N) is 2. The third kappa shape index (κ3) is 3.20. The predicted molar refractivity (Wildman–Crippen MR) is 95.9 cm³/mol. The lowest BCUT2D eigenvalue weighted by atomic mass is 10.0. The zero-order chi connectivity index (χ0) is 15.0. The number of hydrogen-bond acceptors (Lipinski definition) is 3. The summed E-state index contributed by atoms with van der Waals surface area (Å²) in [4.78, 5) is 9.89. The van der Waals surface area contributed by atoms with E-state index in [2.05, 4.69) is 48.7 Å². The van der Waals surface area contributed by atoms with Gasteiger partial charge in [0.05, 0.1) is 9.26 Å². The molecule has 3 rings (SSSR count). The molecule has 3 nitrogen and oxygen atoms in total. The van der Waals surface area contributed by atoms with Gasteiger partial charge in [-0.25, -0.2) is 9.97 Å². The quantitative estimate of drug-likeness (QED) is 0.703. The fourth-order valence-corrected chi connectivity index (χ4v) is 4.25. The Morgan fingerprint density at radius 1 is 1.24 bits per heavy atom. The van der Waals surface area contributed by atoms with E-state index in [1.54, 1.807) is 0 Å². The van der Waals surface area contributed by atoms with Crippen LogP contribution in [0.15, 0.2) is 0 Å². The second-order valence-electron chi connectivity index (χ2n) is 7.28. The smallest absolute Gasteiger partial charge is 0.143 e. The second-order valence-corrected chi connectivity index (χ2v) is 8.36. The molecule has 0 spiro atoms. The van der Waals surface area contributed by atoms with Crippen molar-refractivity contribution in [3.63, 3.8) is 0 Å². The molecule has 2 aliphatic carbocycles. The maximum Gasteiger partial charge on any atom is 0.143 e. The van der Waals surface area contributed by atoms with Crippen LogP contribution in [0.1, 0.15) is 82.7 Å². The van der Waals surface area contributed by atoms with Crippen LogP contribution in [0.3, 0.4) is 0 Å². The summed E-state index contributed by atoms with van der Waals surface area (Å²) in [5, 5.41) is 3.52. The van der Waals surface area contributed by atoms with Gasteiger partial charge in [0, 0.05) is 18.4 Å². The Kier molecular flexibility index (Phi) is 4.44. The molecular weight excluding hydrogens is 373 g/mol. The summed E-state index contributed by atoms with van der Waals surface area (Å²) in [5.41, 5.74) is 1.71. The molecule has 2 saturated carbocycles. The van der Waals surface area contributed by atoms with Crippen LogP contribution in [-0.2, 0) is 0 Å². The average molecular weight is 399 g/mol. The van der Waals surface area contributed by atoms with E-state index in [0.717, 1.165) is 24.6 Å². The highest BCUT2D eigenvalue weighted by molar-refractivity contribution is 14.1. The van der Waals surface area contributed by atoms with E-state index >= 15 is 0 Å². The first-order valence-corrected chi connectivity index (χ1v) is 9.42. The third-order valence-electron chi connectivity index (χ3n) is 5.00. The van der Waals surface area contributed by atoms with Gasteiger partial charge in [0.25, 0.3) is 0 Å². The minimum atomic E-state index is 0.391. The van der Waals surface area contributed by atoms with E-state index in [1.165, 1.54) is 41.4 Å². The summed E-state index contributed by atoms with van der Waals surface area (Å²) in [6, 6.07) is 0. The van der Waals surface area contributed by atoms with Gasteiger partial charge in [-0.1, -0.05) is 33.6 Å². The van der Waals surface area contributed by atoms with Crippen molar-refractivity contribution in [1.82, 2.24) is 9.97 Å².